The molecule has 3 nitrogen and oxygen atoms in total. The Balaban J connectivity index is 2.01. The van der Waals surface area contributed by atoms with Crippen LogP contribution in [0.3, 0.4) is 0 Å². The highest BCUT2D eigenvalue weighted by Gasteiger charge is 2.23. The van der Waals surface area contributed by atoms with Gasteiger partial charge in [0.2, 0.25) is 0 Å². The van der Waals surface area contributed by atoms with Crippen molar-refractivity contribution in [3.8, 4) is 5.75 Å². The van der Waals surface area contributed by atoms with Gasteiger partial charge < -0.3 is 4.74 Å². The van der Waals surface area contributed by atoms with E-state index in [4.69, 9.17) is 32.9 Å². The molecule has 2 aromatic rings. The number of fused-ring (bicyclic) bond motifs is 1. The van der Waals surface area contributed by atoms with E-state index in [0.29, 0.717) is 22.4 Å². The Morgan fingerprint density at radius 3 is 2.61 bits per heavy atom. The second kappa shape index (κ2) is 6.90. The molecule has 2 heterocycles. The normalized spacial score (nSPS) is 16.7. The molecule has 1 aliphatic heterocycles. The maximum Gasteiger partial charge on any atom is 0.119 e. The van der Waals surface area contributed by atoms with Crippen molar-refractivity contribution in [2.24, 2.45) is 4.99 Å². The van der Waals surface area contributed by atoms with E-state index in [2.05, 4.69) is 24.0 Å². The maximum absolute atomic E-state index is 6.26. The summed E-state index contributed by atoms with van der Waals surface area (Å²) < 4.78 is 5.37. The van der Waals surface area contributed by atoms with Crippen molar-refractivity contribution < 1.29 is 4.74 Å². The number of methoxy groups -OCH3 is 1. The average molecular weight is 349 g/mol. The lowest BCUT2D eigenvalue weighted by Crippen LogP contribution is -2.19. The molecule has 0 bridgehead atoms. The Morgan fingerprint density at radius 1 is 1.22 bits per heavy atom. The third kappa shape index (κ3) is 3.22. The molecule has 1 aromatic heterocycles. The largest absolute Gasteiger partial charge is 0.497 e. The van der Waals surface area contributed by atoms with Gasteiger partial charge in [0.05, 0.1) is 17.2 Å². The van der Waals surface area contributed by atoms with Crippen LogP contribution in [0.5, 0.6) is 5.75 Å². The molecule has 0 saturated carbocycles. The number of aliphatic imine (C=N–C) groups is 1. The van der Waals surface area contributed by atoms with E-state index in [1.807, 2.05) is 6.07 Å². The predicted octanol–water partition coefficient (Wildman–Crippen LogP) is 4.94. The topological polar surface area (TPSA) is 34.5 Å². The highest BCUT2D eigenvalue weighted by atomic mass is 35.5. The van der Waals surface area contributed by atoms with Crippen molar-refractivity contribution in [3.05, 3.63) is 57.3 Å². The van der Waals surface area contributed by atoms with Gasteiger partial charge in [0, 0.05) is 37.0 Å². The fourth-order valence-corrected chi connectivity index (χ4v) is 3.45. The van der Waals surface area contributed by atoms with Gasteiger partial charge in [-0.3, -0.25) is 9.98 Å². The number of aromatic nitrogens is 1. The minimum absolute atomic E-state index is 0.423. The number of rotatable bonds is 4. The first-order chi connectivity index (χ1) is 11.1. The summed E-state index contributed by atoms with van der Waals surface area (Å²) in [4.78, 5) is 8.80. The van der Waals surface area contributed by atoms with Gasteiger partial charge in [0.25, 0.3) is 0 Å². The summed E-state index contributed by atoms with van der Waals surface area (Å²) in [7, 11) is 1.69. The number of hydrogen-bond donors (Lipinski definition) is 0. The van der Waals surface area contributed by atoms with Crippen molar-refractivity contribution in [3.63, 3.8) is 0 Å². The lowest BCUT2D eigenvalue weighted by molar-refractivity contribution is 0.413. The van der Waals surface area contributed by atoms with Crippen LogP contribution in [0.1, 0.15) is 36.0 Å². The van der Waals surface area contributed by atoms with E-state index in [1.165, 1.54) is 5.56 Å². The first kappa shape index (κ1) is 16.3. The van der Waals surface area contributed by atoms with Gasteiger partial charge in [0.15, 0.2) is 0 Å². The molecular weight excluding hydrogens is 331 g/mol. The Morgan fingerprint density at radius 2 is 1.96 bits per heavy atom. The van der Waals surface area contributed by atoms with Crippen LogP contribution in [-0.2, 0) is 6.42 Å². The highest BCUT2D eigenvalue weighted by molar-refractivity contribution is 6.36. The molecule has 0 saturated heterocycles. The monoisotopic (exact) mass is 348 g/mol. The molecule has 1 unspecified atom stereocenters. The van der Waals surface area contributed by atoms with Gasteiger partial charge in [-0.15, -0.1) is 0 Å². The zero-order valence-electron chi connectivity index (χ0n) is 13.1. The van der Waals surface area contributed by atoms with Crippen molar-refractivity contribution in [2.45, 2.75) is 25.7 Å². The van der Waals surface area contributed by atoms with E-state index in [-0.39, 0.29) is 0 Å². The van der Waals surface area contributed by atoms with Crippen LogP contribution < -0.4 is 4.74 Å². The van der Waals surface area contributed by atoms with Crippen molar-refractivity contribution in [1.82, 2.24) is 4.98 Å². The van der Waals surface area contributed by atoms with Crippen LogP contribution >= 0.6 is 23.2 Å². The quantitative estimate of drug-likeness (QED) is 0.784. The molecule has 0 aliphatic carbocycles. The molecule has 5 heteroatoms. The van der Waals surface area contributed by atoms with E-state index in [1.54, 1.807) is 19.5 Å². The molecule has 3 rings (SSSR count). The molecule has 23 heavy (non-hydrogen) atoms. The van der Waals surface area contributed by atoms with Crippen LogP contribution in [-0.4, -0.2) is 24.4 Å². The summed E-state index contributed by atoms with van der Waals surface area (Å²) in [5.74, 6) is 1.30. The van der Waals surface area contributed by atoms with Crippen molar-refractivity contribution in [2.75, 3.05) is 13.7 Å². The summed E-state index contributed by atoms with van der Waals surface area (Å²) in [5, 5.41) is 1.15. The Bertz CT molecular complexity index is 738. The summed E-state index contributed by atoms with van der Waals surface area (Å²) in [6, 6.07) is 6.17. The molecule has 0 N–H and O–H groups in total. The standard InChI is InChI=1S/C18H18Cl2N2O/c1-3-11-8-22-18(7-15-16(19)9-21-10-17(15)20)13-5-4-12(23-2)6-14(11)13/h4-6,9-11H,3,7-8H2,1-2H3. The van der Waals surface area contributed by atoms with Crippen molar-refractivity contribution in [1.29, 1.82) is 0 Å². The lowest BCUT2D eigenvalue weighted by atomic mass is 9.86. The van der Waals surface area contributed by atoms with Gasteiger partial charge in [-0.25, -0.2) is 0 Å². The fraction of sp³-hybridized carbons (Fsp3) is 0.333. The summed E-state index contributed by atoms with van der Waals surface area (Å²) in [6.07, 6.45) is 4.90. The first-order valence-corrected chi connectivity index (χ1v) is 8.39. The summed E-state index contributed by atoms with van der Waals surface area (Å²) in [6.45, 7) is 2.97. The number of nitrogens with zero attached hydrogens (tertiary/aromatic N) is 2. The molecule has 1 atom stereocenters. The summed E-state index contributed by atoms with van der Waals surface area (Å²) >= 11 is 12.5. The molecule has 0 spiro atoms. The van der Waals surface area contributed by atoms with Crippen LogP contribution in [0.25, 0.3) is 0 Å². The van der Waals surface area contributed by atoms with E-state index >= 15 is 0 Å². The third-order valence-electron chi connectivity index (χ3n) is 4.30. The summed E-state index contributed by atoms with van der Waals surface area (Å²) in [5.41, 5.74) is 4.34. The smallest absolute Gasteiger partial charge is 0.119 e. The molecule has 0 radical (unpaired) electrons. The molecule has 120 valence electrons. The van der Waals surface area contributed by atoms with Gasteiger partial charge in [0.1, 0.15) is 5.75 Å². The number of pyridine rings is 1. The van der Waals surface area contributed by atoms with Gasteiger partial charge >= 0.3 is 0 Å². The van der Waals surface area contributed by atoms with Gasteiger partial charge in [-0.1, -0.05) is 30.1 Å². The Hall–Kier alpha value is -1.58. The molecule has 1 aliphatic rings. The van der Waals surface area contributed by atoms with Crippen LogP contribution in [0.2, 0.25) is 10.0 Å². The number of ether oxygens (including phenoxy) is 1. The fourth-order valence-electron chi connectivity index (χ4n) is 2.95. The molecule has 0 amide bonds. The predicted molar refractivity (Wildman–Crippen MR) is 95.4 cm³/mol. The average Bonchev–Trinajstić information content (AvgIpc) is 2.57. The number of halogens is 2. The first-order valence-electron chi connectivity index (χ1n) is 7.63. The number of benzene rings is 1. The third-order valence-corrected chi connectivity index (χ3v) is 4.95. The van der Waals surface area contributed by atoms with Crippen molar-refractivity contribution >= 4 is 28.9 Å². The maximum atomic E-state index is 6.26. The van der Waals surface area contributed by atoms with Gasteiger partial charge in [-0.2, -0.15) is 0 Å². The van der Waals surface area contributed by atoms with E-state index < -0.39 is 0 Å². The molecule has 0 fully saturated rings. The van der Waals surface area contributed by atoms with Crippen LogP contribution in [0.15, 0.2) is 35.6 Å². The second-order valence-electron chi connectivity index (χ2n) is 5.60. The minimum Gasteiger partial charge on any atom is -0.497 e. The zero-order valence-corrected chi connectivity index (χ0v) is 14.7. The van der Waals surface area contributed by atoms with E-state index in [0.717, 1.165) is 35.6 Å². The minimum atomic E-state index is 0.423. The molecule has 1 aromatic carbocycles. The zero-order chi connectivity index (χ0) is 16.4. The lowest BCUT2D eigenvalue weighted by Gasteiger charge is -2.25. The highest BCUT2D eigenvalue weighted by Crippen LogP contribution is 2.33. The SMILES string of the molecule is CCC1CN=C(Cc2c(Cl)cncc2Cl)c2ccc(OC)cc21. The van der Waals surface area contributed by atoms with Crippen LogP contribution in [0.4, 0.5) is 0 Å². The Labute approximate surface area is 146 Å². The van der Waals surface area contributed by atoms with E-state index in [9.17, 15) is 0 Å². The molecular formula is C18H18Cl2N2O. The van der Waals surface area contributed by atoms with Gasteiger partial charge in [-0.05, 0) is 41.3 Å². The number of hydrogen-bond acceptors (Lipinski definition) is 3. The second-order valence-corrected chi connectivity index (χ2v) is 6.42. The Kier molecular flexibility index (Phi) is 4.88. The van der Waals surface area contributed by atoms with Crippen LogP contribution in [0, 0.1) is 0 Å².